The number of carbonyl (C=O) groups is 2. The van der Waals surface area contributed by atoms with Crippen molar-refractivity contribution in [1.82, 2.24) is 19.8 Å². The molecule has 3 aliphatic heterocycles. The summed E-state index contributed by atoms with van der Waals surface area (Å²) in [6.45, 7) is 8.35. The van der Waals surface area contributed by atoms with E-state index < -0.39 is 30.2 Å². The number of nitrogens with zero attached hydrogens (tertiary/aromatic N) is 2. The highest BCUT2D eigenvalue weighted by Gasteiger charge is 2.52. The summed E-state index contributed by atoms with van der Waals surface area (Å²) < 4.78 is 67.0. The number of hydrogen-bond acceptors (Lipinski definition) is 6. The second-order valence-electron chi connectivity index (χ2n) is 19.6. The van der Waals surface area contributed by atoms with Crippen LogP contribution in [0, 0.1) is 0 Å². The van der Waals surface area contributed by atoms with E-state index in [-0.39, 0.29) is 74.8 Å². The van der Waals surface area contributed by atoms with E-state index in [0.717, 1.165) is 58.8 Å². The third kappa shape index (κ3) is 10.6. The van der Waals surface area contributed by atoms with Gasteiger partial charge >= 0.3 is 7.12 Å². The van der Waals surface area contributed by atoms with Crippen molar-refractivity contribution in [1.29, 1.82) is 0 Å². The number of aromatic nitrogens is 2. The quantitative estimate of drug-likeness (QED) is 0.134. The minimum absolute atomic E-state index is 0.0417. The number of carbonyl (C=O) groups excluding carboxylic acids is 2. The summed E-state index contributed by atoms with van der Waals surface area (Å²) in [6.07, 6.45) is 2.14. The number of alkyl halides is 4. The first-order chi connectivity index (χ1) is 34.2. The second kappa shape index (κ2) is 19.8. The largest absolute Gasteiger partial charge is 0.495 e. The molecular formula is C56H52BBrF4N4O6. The van der Waals surface area contributed by atoms with Gasteiger partial charge in [-0.05, 0) is 143 Å². The first-order valence-electron chi connectivity index (χ1n) is 23.8. The van der Waals surface area contributed by atoms with E-state index in [1.165, 1.54) is 9.80 Å². The minimum Gasteiger partial charge on any atom is -0.399 e. The lowest BCUT2D eigenvalue weighted by Gasteiger charge is -2.32. The second-order valence-corrected chi connectivity index (χ2v) is 20.5. The molecule has 72 heavy (non-hydrogen) atoms. The monoisotopic (exact) mass is 1040 g/mol. The van der Waals surface area contributed by atoms with Gasteiger partial charge in [0, 0.05) is 90.6 Å². The maximum absolute atomic E-state index is 13.4. The van der Waals surface area contributed by atoms with Gasteiger partial charge in [-0.2, -0.15) is 0 Å². The molecule has 5 heterocycles. The fraction of sp³-hybridized carbons (Fsp3) is 0.286. The van der Waals surface area contributed by atoms with Crippen LogP contribution in [0.5, 0.6) is 0 Å². The van der Waals surface area contributed by atoms with Crippen LogP contribution >= 0.6 is 15.9 Å². The van der Waals surface area contributed by atoms with E-state index in [9.17, 15) is 36.7 Å². The van der Waals surface area contributed by atoms with Crippen LogP contribution < -0.4 is 16.6 Å². The van der Waals surface area contributed by atoms with E-state index >= 15 is 0 Å². The minimum atomic E-state index is -2.68. The highest BCUT2D eigenvalue weighted by molar-refractivity contribution is 9.10. The number of halogens is 5. The zero-order valence-electron chi connectivity index (χ0n) is 40.2. The predicted molar refractivity (Wildman–Crippen MR) is 280 cm³/mol. The van der Waals surface area contributed by atoms with Gasteiger partial charge in [0.2, 0.25) is 0 Å². The number of piperidine rings is 2. The van der Waals surface area contributed by atoms with E-state index in [1.54, 1.807) is 30.6 Å². The molecule has 6 aromatic carbocycles. The molecule has 0 radical (unpaired) electrons. The van der Waals surface area contributed by atoms with E-state index in [4.69, 9.17) is 9.31 Å². The van der Waals surface area contributed by atoms with Gasteiger partial charge in [0.05, 0.1) is 11.2 Å². The highest BCUT2D eigenvalue weighted by atomic mass is 79.9. The van der Waals surface area contributed by atoms with Gasteiger partial charge in [-0.1, -0.05) is 70.5 Å². The third-order valence-corrected chi connectivity index (χ3v) is 14.7. The van der Waals surface area contributed by atoms with Gasteiger partial charge in [0.25, 0.3) is 34.8 Å². The third-order valence-electron chi connectivity index (χ3n) is 14.2. The first-order valence-corrected chi connectivity index (χ1v) is 24.6. The summed E-state index contributed by atoms with van der Waals surface area (Å²) >= 11 is 3.34. The van der Waals surface area contributed by atoms with Crippen molar-refractivity contribution in [3.63, 3.8) is 0 Å². The summed E-state index contributed by atoms with van der Waals surface area (Å²) in [5.74, 6) is -5.77. The van der Waals surface area contributed by atoms with Crippen molar-refractivity contribution in [2.75, 3.05) is 26.2 Å². The average molecular weight is 1040 g/mol. The first kappa shape index (κ1) is 50.3. The van der Waals surface area contributed by atoms with Crippen LogP contribution in [0.3, 0.4) is 0 Å². The molecule has 10 nitrogen and oxygen atoms in total. The number of aromatic amines is 2. The summed E-state index contributed by atoms with van der Waals surface area (Å²) in [6, 6.07) is 37.7. The number of pyridine rings is 2. The molecule has 0 unspecified atom stereocenters. The molecule has 370 valence electrons. The summed E-state index contributed by atoms with van der Waals surface area (Å²) in [7, 11) is -0.491. The molecular weight excluding hydrogens is 991 g/mol. The highest BCUT2D eigenvalue weighted by Crippen LogP contribution is 2.38. The van der Waals surface area contributed by atoms with Gasteiger partial charge in [0.15, 0.2) is 0 Å². The number of rotatable bonds is 4. The molecule has 0 bridgehead atoms. The Bertz CT molecular complexity index is 3470. The Labute approximate surface area is 421 Å². The van der Waals surface area contributed by atoms with Gasteiger partial charge in [-0.3, -0.25) is 19.2 Å². The zero-order chi connectivity index (χ0) is 51.2. The number of hydrogen-bond donors (Lipinski definition) is 2. The van der Waals surface area contributed by atoms with Crippen molar-refractivity contribution in [3.05, 3.63) is 170 Å². The van der Waals surface area contributed by atoms with Gasteiger partial charge in [-0.25, -0.2) is 17.6 Å². The molecule has 11 rings (SSSR count). The molecule has 0 spiro atoms. The Morgan fingerprint density at radius 3 is 1.53 bits per heavy atom. The molecule has 2 aromatic heterocycles. The fourth-order valence-corrected chi connectivity index (χ4v) is 9.63. The lowest BCUT2D eigenvalue weighted by molar-refractivity contribution is -0.0503. The number of likely N-dealkylation sites (tertiary alicyclic amines) is 2. The molecule has 8 aromatic rings. The predicted octanol–water partition coefficient (Wildman–Crippen LogP) is 11.5. The molecule has 16 heteroatoms. The summed E-state index contributed by atoms with van der Waals surface area (Å²) in [4.78, 5) is 57.1. The van der Waals surface area contributed by atoms with Crippen molar-refractivity contribution >= 4 is 83.4 Å². The van der Waals surface area contributed by atoms with Crippen LogP contribution in [-0.4, -0.2) is 87.9 Å². The normalized spacial score (nSPS) is 17.8. The van der Waals surface area contributed by atoms with Crippen LogP contribution in [0.1, 0.15) is 74.1 Å². The Hall–Kier alpha value is -6.62. The van der Waals surface area contributed by atoms with Crippen molar-refractivity contribution in [2.45, 2.75) is 76.4 Å². The Balaban J connectivity index is 0.000000145. The van der Waals surface area contributed by atoms with Gasteiger partial charge in [-0.15, -0.1) is 0 Å². The Morgan fingerprint density at radius 1 is 0.542 bits per heavy atom. The molecule has 3 fully saturated rings. The number of nitrogens with one attached hydrogen (secondary N) is 2. The summed E-state index contributed by atoms with van der Waals surface area (Å²) in [5.41, 5.74) is 2.85. The van der Waals surface area contributed by atoms with Crippen molar-refractivity contribution < 1.29 is 36.5 Å². The van der Waals surface area contributed by atoms with E-state index in [2.05, 4.69) is 25.9 Å². The Morgan fingerprint density at radius 2 is 0.986 bits per heavy atom. The maximum Gasteiger partial charge on any atom is 0.495 e. The number of benzene rings is 6. The standard InChI is InChI=1S/C25H20F2N2O2.C22H26BF2NO3.C9H6BrNO/c26-25(27)9-12-29(13-10-25)24(31)19-5-6-21-16(15-19)2-1-3-20(21)17-4-7-22-18(14-17)8-11-28-23(22)30;1-20(2)21(3,4)29-23(28-20)18-7-5-6-15-14-16(8-9-17(15)18)19(27)26-12-10-22(24,25)11-13-26;10-7-1-2-8-6(5-7)3-4-11-9(8)12/h1-8,11,14-15H,9-10,12-13H2,(H,28,30);5-9,14H,10-13H2,1-4H3;1-5H,(H,11,12). The van der Waals surface area contributed by atoms with Crippen molar-refractivity contribution in [2.24, 2.45) is 0 Å². The molecule has 0 aliphatic carbocycles. The molecule has 3 aliphatic rings. The molecule has 0 atom stereocenters. The number of H-pyrrole nitrogens is 2. The molecule has 0 saturated carbocycles. The average Bonchev–Trinajstić information content (AvgIpc) is 3.58. The topological polar surface area (TPSA) is 125 Å². The fourth-order valence-electron chi connectivity index (χ4n) is 9.25. The lowest BCUT2D eigenvalue weighted by Crippen LogP contribution is -2.42. The Kier molecular flexibility index (Phi) is 13.8. The maximum atomic E-state index is 13.4. The van der Waals surface area contributed by atoms with Gasteiger partial charge < -0.3 is 29.1 Å². The van der Waals surface area contributed by atoms with Gasteiger partial charge in [0.1, 0.15) is 0 Å². The van der Waals surface area contributed by atoms with Crippen LogP contribution in [0.25, 0.3) is 54.2 Å². The number of fused-ring (bicyclic) bond motifs is 4. The van der Waals surface area contributed by atoms with E-state index in [1.807, 2.05) is 131 Å². The molecule has 2 N–H and O–H groups in total. The van der Waals surface area contributed by atoms with E-state index in [0.29, 0.717) is 16.5 Å². The zero-order valence-corrected chi connectivity index (χ0v) is 41.8. The van der Waals surface area contributed by atoms with Crippen molar-refractivity contribution in [3.8, 4) is 11.1 Å². The smallest absolute Gasteiger partial charge is 0.399 e. The van der Waals surface area contributed by atoms with Crippen LogP contribution in [0.2, 0.25) is 0 Å². The lowest BCUT2D eigenvalue weighted by atomic mass is 9.76. The summed E-state index contributed by atoms with van der Waals surface area (Å²) in [5, 5.41) is 6.88. The SMILES string of the molecule is CC1(C)OB(c2cccc3cc(C(=O)N4CCC(F)(F)CC4)ccc23)OC1(C)C.O=C(c1ccc2c(-c3ccc4c(=O)[nH]ccc4c3)cccc2c1)N1CCC(F)(F)CC1.O=c1[nH]ccc2cc(Br)ccc12. The van der Waals surface area contributed by atoms with Crippen LogP contribution in [0.4, 0.5) is 17.6 Å². The molecule has 3 saturated heterocycles. The molecule has 2 amide bonds. The number of amides is 2. The van der Waals surface area contributed by atoms with Crippen LogP contribution in [-0.2, 0) is 9.31 Å². The van der Waals surface area contributed by atoms with Crippen LogP contribution in [0.15, 0.2) is 148 Å².